The molecule has 1 nitrogen and oxygen atoms in total. The largest absolute Gasteiger partial charge is 0.457 e. The smallest absolute Gasteiger partial charge is 0.128 e. The quantitative estimate of drug-likeness (QED) is 0.179. The summed E-state index contributed by atoms with van der Waals surface area (Å²) in [7, 11) is 0. The highest BCUT2D eigenvalue weighted by atomic mass is 16.5. The molecule has 0 fully saturated rings. The van der Waals surface area contributed by atoms with Gasteiger partial charge in [0.05, 0.1) is 5.41 Å². The summed E-state index contributed by atoms with van der Waals surface area (Å²) < 4.78 is 6.13. The second-order valence-corrected chi connectivity index (χ2v) is 11.8. The van der Waals surface area contributed by atoms with Crippen molar-refractivity contribution < 1.29 is 4.74 Å². The summed E-state index contributed by atoms with van der Waals surface area (Å²) in [5.74, 6) is 1.66. The van der Waals surface area contributed by atoms with Gasteiger partial charge in [0.15, 0.2) is 0 Å². The highest BCUT2D eigenvalue weighted by molar-refractivity contribution is 6.04. The molecular weight excluding hydrogens is 544 g/mol. The van der Waals surface area contributed by atoms with Crippen LogP contribution in [-0.4, -0.2) is 0 Å². The molecule has 0 bridgehead atoms. The van der Waals surface area contributed by atoms with Crippen LogP contribution in [-0.2, 0) is 5.41 Å². The van der Waals surface area contributed by atoms with E-state index in [2.05, 4.69) is 146 Å². The molecule has 0 saturated heterocycles. The minimum Gasteiger partial charge on any atom is -0.457 e. The normalized spacial score (nSPS) is 13.3. The zero-order valence-electron chi connectivity index (χ0n) is 25.2. The molecule has 0 aromatic heterocycles. The van der Waals surface area contributed by atoms with Crippen LogP contribution in [0.25, 0.3) is 33.5 Å². The Bertz CT molecular complexity index is 2140. The van der Waals surface area contributed by atoms with Gasteiger partial charge in [0.25, 0.3) is 0 Å². The number of rotatable bonds is 6. The van der Waals surface area contributed by atoms with Crippen molar-refractivity contribution in [1.82, 2.24) is 0 Å². The molecule has 7 aromatic carbocycles. The van der Waals surface area contributed by atoms with Crippen LogP contribution < -0.4 is 4.74 Å². The molecule has 0 saturated carbocycles. The first kappa shape index (κ1) is 26.9. The van der Waals surface area contributed by atoms with Crippen LogP contribution in [0.3, 0.4) is 0 Å². The van der Waals surface area contributed by atoms with Crippen molar-refractivity contribution in [2.24, 2.45) is 0 Å². The SMILES string of the molecule is C/C(=C\c1cccc(Oc2ccccc2)c1)c1ccc2c(c1)C(c1ccccc1)(c1ccccc1)c1ccc3ccccc3c1-2. The van der Waals surface area contributed by atoms with E-state index in [9.17, 15) is 0 Å². The fourth-order valence-corrected chi connectivity index (χ4v) is 7.13. The zero-order chi connectivity index (χ0) is 30.2. The fraction of sp³-hybridized carbons (Fsp3) is 0.0455. The lowest BCUT2D eigenvalue weighted by Gasteiger charge is -2.34. The Morgan fingerprint density at radius 2 is 1.18 bits per heavy atom. The average molecular weight is 577 g/mol. The Morgan fingerprint density at radius 3 is 1.91 bits per heavy atom. The monoisotopic (exact) mass is 576 g/mol. The topological polar surface area (TPSA) is 9.23 Å². The number of hydrogen-bond acceptors (Lipinski definition) is 1. The van der Waals surface area contributed by atoms with Gasteiger partial charge in [0, 0.05) is 0 Å². The van der Waals surface area contributed by atoms with Gasteiger partial charge in [0.1, 0.15) is 11.5 Å². The Balaban J connectivity index is 1.32. The van der Waals surface area contributed by atoms with Gasteiger partial charge in [-0.2, -0.15) is 0 Å². The van der Waals surface area contributed by atoms with E-state index in [-0.39, 0.29) is 0 Å². The maximum atomic E-state index is 6.13. The average Bonchev–Trinajstić information content (AvgIpc) is 3.40. The molecule has 0 spiro atoms. The Kier molecular flexibility index (Phi) is 6.65. The molecule has 214 valence electrons. The molecule has 8 rings (SSSR count). The van der Waals surface area contributed by atoms with E-state index < -0.39 is 5.41 Å². The van der Waals surface area contributed by atoms with Crippen LogP contribution in [0.1, 0.15) is 40.3 Å². The first-order valence-electron chi connectivity index (χ1n) is 15.5. The van der Waals surface area contributed by atoms with Gasteiger partial charge in [-0.25, -0.2) is 0 Å². The summed E-state index contributed by atoms with van der Waals surface area (Å²) in [6, 6.07) is 60.7. The molecule has 0 heterocycles. The minimum absolute atomic E-state index is 0.447. The summed E-state index contributed by atoms with van der Waals surface area (Å²) in [5, 5.41) is 2.55. The molecule has 0 aliphatic heterocycles. The van der Waals surface area contributed by atoms with Gasteiger partial charge in [-0.05, 0) is 98.1 Å². The van der Waals surface area contributed by atoms with Crippen LogP contribution >= 0.6 is 0 Å². The molecular formula is C44H32O. The zero-order valence-corrected chi connectivity index (χ0v) is 25.2. The lowest BCUT2D eigenvalue weighted by atomic mass is 9.67. The highest BCUT2D eigenvalue weighted by Crippen LogP contribution is 2.58. The molecule has 0 amide bonds. The van der Waals surface area contributed by atoms with Crippen LogP contribution in [0.2, 0.25) is 0 Å². The predicted octanol–water partition coefficient (Wildman–Crippen LogP) is 11.6. The van der Waals surface area contributed by atoms with Crippen LogP contribution in [0.4, 0.5) is 0 Å². The van der Waals surface area contributed by atoms with E-state index in [1.165, 1.54) is 55.3 Å². The number of fused-ring (bicyclic) bond motifs is 5. The molecule has 1 aliphatic rings. The summed E-state index contributed by atoms with van der Waals surface area (Å²) >= 11 is 0. The van der Waals surface area contributed by atoms with Gasteiger partial charge in [-0.1, -0.05) is 146 Å². The first-order valence-corrected chi connectivity index (χ1v) is 15.5. The van der Waals surface area contributed by atoms with E-state index in [0.29, 0.717) is 0 Å². The molecule has 1 aliphatic carbocycles. The van der Waals surface area contributed by atoms with Crippen molar-refractivity contribution in [3.8, 4) is 22.6 Å². The molecule has 1 heteroatoms. The fourth-order valence-electron chi connectivity index (χ4n) is 7.13. The molecule has 7 aromatic rings. The maximum absolute atomic E-state index is 6.13. The highest BCUT2D eigenvalue weighted by Gasteiger charge is 2.46. The van der Waals surface area contributed by atoms with Gasteiger partial charge in [-0.15, -0.1) is 0 Å². The lowest BCUT2D eigenvalue weighted by molar-refractivity contribution is 0.482. The molecule has 0 N–H and O–H groups in total. The molecule has 0 atom stereocenters. The van der Waals surface area contributed by atoms with Crippen molar-refractivity contribution in [2.75, 3.05) is 0 Å². The Labute approximate surface area is 264 Å². The van der Waals surface area contributed by atoms with E-state index in [4.69, 9.17) is 4.74 Å². The van der Waals surface area contributed by atoms with Crippen molar-refractivity contribution >= 4 is 22.4 Å². The van der Waals surface area contributed by atoms with E-state index in [0.717, 1.165) is 17.1 Å². The van der Waals surface area contributed by atoms with Crippen LogP contribution in [0, 0.1) is 0 Å². The Hall–Kier alpha value is -5.66. The maximum Gasteiger partial charge on any atom is 0.128 e. The number of hydrogen-bond donors (Lipinski definition) is 0. The van der Waals surface area contributed by atoms with Crippen molar-refractivity contribution in [3.63, 3.8) is 0 Å². The number of ether oxygens (including phenoxy) is 1. The first-order chi connectivity index (χ1) is 22.2. The van der Waals surface area contributed by atoms with Crippen molar-refractivity contribution in [1.29, 1.82) is 0 Å². The van der Waals surface area contributed by atoms with Crippen LogP contribution in [0.15, 0.2) is 170 Å². The summed E-state index contributed by atoms with van der Waals surface area (Å²) in [5.41, 5.74) is 10.9. The molecule has 0 unspecified atom stereocenters. The van der Waals surface area contributed by atoms with Gasteiger partial charge in [-0.3, -0.25) is 0 Å². The summed E-state index contributed by atoms with van der Waals surface area (Å²) in [6.45, 7) is 2.21. The summed E-state index contributed by atoms with van der Waals surface area (Å²) in [6.07, 6.45) is 2.25. The number of benzene rings is 7. The third kappa shape index (κ3) is 4.56. The van der Waals surface area contributed by atoms with E-state index in [1.807, 2.05) is 36.4 Å². The van der Waals surface area contributed by atoms with Crippen molar-refractivity contribution in [2.45, 2.75) is 12.3 Å². The second kappa shape index (κ2) is 11.1. The lowest BCUT2D eigenvalue weighted by Crippen LogP contribution is -2.28. The van der Waals surface area contributed by atoms with Crippen LogP contribution in [0.5, 0.6) is 11.5 Å². The van der Waals surface area contributed by atoms with Gasteiger partial charge >= 0.3 is 0 Å². The predicted molar refractivity (Wildman–Crippen MR) is 188 cm³/mol. The van der Waals surface area contributed by atoms with Gasteiger partial charge < -0.3 is 4.74 Å². The minimum atomic E-state index is -0.447. The third-order valence-electron chi connectivity index (χ3n) is 9.12. The molecule has 45 heavy (non-hydrogen) atoms. The standard InChI is InChI=1S/C44H32O/c1-31(28-32-14-13-22-38(29-32)45-37-20-9-4-10-21-37)34-24-26-40-42(30-34)44(35-16-5-2-6-17-35,36-18-7-3-8-19-36)41-27-25-33-15-11-12-23-39(33)43(40)41/h2-30H,1H3/b31-28+. The van der Waals surface area contributed by atoms with Crippen molar-refractivity contribution in [3.05, 3.63) is 203 Å². The number of allylic oxidation sites excluding steroid dienone is 1. The third-order valence-corrected chi connectivity index (χ3v) is 9.12. The molecule has 0 radical (unpaired) electrons. The van der Waals surface area contributed by atoms with Gasteiger partial charge in [0.2, 0.25) is 0 Å². The number of para-hydroxylation sites is 1. The van der Waals surface area contributed by atoms with E-state index >= 15 is 0 Å². The summed E-state index contributed by atoms with van der Waals surface area (Å²) in [4.78, 5) is 0. The Morgan fingerprint density at radius 1 is 0.533 bits per heavy atom. The van der Waals surface area contributed by atoms with E-state index in [1.54, 1.807) is 0 Å². The second-order valence-electron chi connectivity index (χ2n) is 11.8.